The first-order chi connectivity index (χ1) is 10.5. The maximum atomic E-state index is 13.2. The summed E-state index contributed by atoms with van der Waals surface area (Å²) in [6, 6.07) is 12.8. The molecule has 0 unspecified atom stereocenters. The lowest BCUT2D eigenvalue weighted by Gasteiger charge is -2.09. The second-order valence-corrected chi connectivity index (χ2v) is 4.83. The highest BCUT2D eigenvalue weighted by Crippen LogP contribution is 2.32. The van der Waals surface area contributed by atoms with Crippen LogP contribution in [0.3, 0.4) is 0 Å². The van der Waals surface area contributed by atoms with Gasteiger partial charge in [0.05, 0.1) is 12.5 Å². The minimum Gasteiger partial charge on any atom is -0.496 e. The molecule has 2 nitrogen and oxygen atoms in total. The summed E-state index contributed by atoms with van der Waals surface area (Å²) in [5.41, 5.74) is -0.586. The average molecular weight is 304 g/mol. The van der Waals surface area contributed by atoms with Crippen molar-refractivity contribution in [2.24, 2.45) is 0 Å². The number of pyridine rings is 1. The van der Waals surface area contributed by atoms with E-state index in [9.17, 15) is 13.2 Å². The minimum absolute atomic E-state index is 0.0859. The minimum atomic E-state index is -4.40. The van der Waals surface area contributed by atoms with Gasteiger partial charge in [0, 0.05) is 12.1 Å². The average Bonchev–Trinajstić information content (AvgIpc) is 2.53. The number of halogens is 3. The van der Waals surface area contributed by atoms with Crippen molar-refractivity contribution in [3.05, 3.63) is 66.5 Å². The van der Waals surface area contributed by atoms with Gasteiger partial charge in [0.25, 0.3) is 0 Å². The van der Waals surface area contributed by atoms with E-state index in [0.29, 0.717) is 5.75 Å². The van der Waals surface area contributed by atoms with Gasteiger partial charge in [-0.1, -0.05) is 24.3 Å². The molecule has 0 aliphatic carbocycles. The number of hydrogen-bond acceptors (Lipinski definition) is 1. The highest BCUT2D eigenvalue weighted by molar-refractivity contribution is 5.86. The lowest BCUT2D eigenvalue weighted by molar-refractivity contribution is -0.595. The number of alkyl halides is 3. The third-order valence-electron chi connectivity index (χ3n) is 3.49. The lowest BCUT2D eigenvalue weighted by Crippen LogP contribution is -2.32. The number of fused-ring (bicyclic) bond motifs is 1. The fourth-order valence-corrected chi connectivity index (χ4v) is 2.45. The van der Waals surface area contributed by atoms with E-state index in [4.69, 9.17) is 4.74 Å². The predicted molar refractivity (Wildman–Crippen MR) is 77.0 cm³/mol. The van der Waals surface area contributed by atoms with Crippen LogP contribution < -0.4 is 9.30 Å². The molecule has 0 saturated heterocycles. The summed E-state index contributed by atoms with van der Waals surface area (Å²) in [6.45, 7) is 0. The Balaban J connectivity index is 2.24. The first kappa shape index (κ1) is 14.4. The number of nitrogens with zero attached hydrogens (tertiary/aromatic N) is 1. The number of methoxy groups -OCH3 is 1. The number of para-hydroxylation sites is 1. The molecule has 0 bridgehead atoms. The van der Waals surface area contributed by atoms with E-state index in [0.717, 1.165) is 16.8 Å². The Morgan fingerprint density at radius 2 is 1.73 bits per heavy atom. The van der Waals surface area contributed by atoms with E-state index >= 15 is 0 Å². The number of aromatic nitrogens is 1. The SMILES string of the molecule is COc1cccc2cc[n+](-c3ccccc3C(F)(F)F)cc12. The topological polar surface area (TPSA) is 13.1 Å². The molecule has 3 rings (SSSR count). The van der Waals surface area contributed by atoms with Gasteiger partial charge >= 0.3 is 6.18 Å². The first-order valence-electron chi connectivity index (χ1n) is 6.65. The van der Waals surface area contributed by atoms with Gasteiger partial charge in [0.2, 0.25) is 5.69 Å². The Labute approximate surface area is 125 Å². The molecule has 3 aromatic rings. The van der Waals surface area contributed by atoms with Crippen LogP contribution in [-0.4, -0.2) is 7.11 Å². The number of hydrogen-bond donors (Lipinski definition) is 0. The first-order valence-corrected chi connectivity index (χ1v) is 6.65. The van der Waals surface area contributed by atoms with Crippen molar-refractivity contribution in [1.82, 2.24) is 0 Å². The van der Waals surface area contributed by atoms with Crippen LogP contribution in [0.25, 0.3) is 16.5 Å². The van der Waals surface area contributed by atoms with Crippen LogP contribution in [0.15, 0.2) is 60.9 Å². The summed E-state index contributed by atoms with van der Waals surface area (Å²) < 4.78 is 46.2. The van der Waals surface area contributed by atoms with Crippen LogP contribution in [0.5, 0.6) is 5.75 Å². The van der Waals surface area contributed by atoms with E-state index < -0.39 is 11.7 Å². The van der Waals surface area contributed by atoms with Crippen molar-refractivity contribution in [2.45, 2.75) is 6.18 Å². The van der Waals surface area contributed by atoms with Crippen molar-refractivity contribution in [3.8, 4) is 11.4 Å². The van der Waals surface area contributed by atoms with Gasteiger partial charge in [0.1, 0.15) is 11.3 Å². The summed E-state index contributed by atoms with van der Waals surface area (Å²) >= 11 is 0. The van der Waals surface area contributed by atoms with E-state index in [1.54, 1.807) is 30.6 Å². The highest BCUT2D eigenvalue weighted by atomic mass is 19.4. The van der Waals surface area contributed by atoms with E-state index in [2.05, 4.69) is 0 Å². The third kappa shape index (κ3) is 2.50. The highest BCUT2D eigenvalue weighted by Gasteiger charge is 2.36. The van der Waals surface area contributed by atoms with Crippen LogP contribution in [-0.2, 0) is 6.18 Å². The second-order valence-electron chi connectivity index (χ2n) is 4.83. The Morgan fingerprint density at radius 3 is 2.45 bits per heavy atom. The normalized spacial score (nSPS) is 11.6. The molecule has 1 heterocycles. The molecule has 0 aliphatic heterocycles. The summed E-state index contributed by atoms with van der Waals surface area (Å²) in [5, 5.41) is 1.66. The molecule has 0 aliphatic rings. The van der Waals surface area contributed by atoms with E-state index in [1.165, 1.54) is 23.8 Å². The number of benzene rings is 2. The van der Waals surface area contributed by atoms with Crippen molar-refractivity contribution in [3.63, 3.8) is 0 Å². The Morgan fingerprint density at radius 1 is 0.955 bits per heavy atom. The molecule has 1 aromatic heterocycles. The van der Waals surface area contributed by atoms with Crippen LogP contribution in [0, 0.1) is 0 Å². The predicted octanol–water partition coefficient (Wildman–Crippen LogP) is 4.14. The third-order valence-corrected chi connectivity index (χ3v) is 3.49. The van der Waals surface area contributed by atoms with Gasteiger partial charge in [-0.05, 0) is 17.5 Å². The zero-order valence-electron chi connectivity index (χ0n) is 11.8. The molecule has 0 N–H and O–H groups in total. The molecular weight excluding hydrogens is 291 g/mol. The van der Waals surface area contributed by atoms with Gasteiger partial charge in [-0.2, -0.15) is 17.7 Å². The van der Waals surface area contributed by atoms with Gasteiger partial charge in [-0.15, -0.1) is 0 Å². The molecule has 5 heteroatoms. The van der Waals surface area contributed by atoms with E-state index in [1.807, 2.05) is 12.1 Å². The maximum Gasteiger partial charge on any atom is 0.422 e. The van der Waals surface area contributed by atoms with Crippen LogP contribution >= 0.6 is 0 Å². The van der Waals surface area contributed by atoms with Crippen molar-refractivity contribution >= 4 is 10.8 Å². The quantitative estimate of drug-likeness (QED) is 0.648. The van der Waals surface area contributed by atoms with Gasteiger partial charge < -0.3 is 4.74 Å². The van der Waals surface area contributed by atoms with Crippen molar-refractivity contribution in [2.75, 3.05) is 7.11 Å². The number of ether oxygens (including phenoxy) is 1. The molecule has 2 aromatic carbocycles. The molecule has 0 amide bonds. The Hall–Kier alpha value is -2.56. The monoisotopic (exact) mass is 304 g/mol. The van der Waals surface area contributed by atoms with Crippen LogP contribution in [0.1, 0.15) is 5.56 Å². The molecule has 0 saturated carbocycles. The smallest absolute Gasteiger partial charge is 0.422 e. The zero-order valence-corrected chi connectivity index (χ0v) is 11.8. The van der Waals surface area contributed by atoms with Gasteiger partial charge in [0.15, 0.2) is 12.4 Å². The molecule has 0 radical (unpaired) electrons. The Kier molecular flexibility index (Phi) is 3.48. The standard InChI is InChI=1S/C17H13F3NO/c1-22-16-8-4-5-12-9-10-21(11-13(12)16)15-7-3-2-6-14(15)17(18,19)20/h2-11H,1H3/q+1. The van der Waals surface area contributed by atoms with Gasteiger partial charge in [-0.25, -0.2) is 0 Å². The fraction of sp³-hybridized carbons (Fsp3) is 0.118. The van der Waals surface area contributed by atoms with Crippen LogP contribution in [0.2, 0.25) is 0 Å². The van der Waals surface area contributed by atoms with Gasteiger partial charge in [-0.3, -0.25) is 0 Å². The zero-order chi connectivity index (χ0) is 15.7. The fourth-order valence-electron chi connectivity index (χ4n) is 2.45. The molecule has 0 atom stereocenters. The summed E-state index contributed by atoms with van der Waals surface area (Å²) in [4.78, 5) is 0. The maximum absolute atomic E-state index is 13.2. The molecule has 0 spiro atoms. The summed E-state index contributed by atoms with van der Waals surface area (Å²) in [7, 11) is 1.54. The van der Waals surface area contributed by atoms with Crippen LogP contribution in [0.4, 0.5) is 13.2 Å². The molecular formula is C17H13F3NO+. The van der Waals surface area contributed by atoms with Crippen molar-refractivity contribution in [1.29, 1.82) is 0 Å². The molecule has 0 fully saturated rings. The Bertz CT molecular complexity index is 827. The summed E-state index contributed by atoms with van der Waals surface area (Å²) in [6.07, 6.45) is -1.13. The van der Waals surface area contributed by atoms with E-state index in [-0.39, 0.29) is 5.69 Å². The molecule has 112 valence electrons. The summed E-state index contributed by atoms with van der Waals surface area (Å²) in [5.74, 6) is 0.622. The largest absolute Gasteiger partial charge is 0.496 e. The number of rotatable bonds is 2. The second kappa shape index (κ2) is 5.33. The lowest BCUT2D eigenvalue weighted by atomic mass is 10.1. The molecule has 22 heavy (non-hydrogen) atoms. The van der Waals surface area contributed by atoms with Crippen molar-refractivity contribution < 1.29 is 22.5 Å².